The van der Waals surface area contributed by atoms with Gasteiger partial charge in [-0.15, -0.1) is 0 Å². The molecule has 3 unspecified atom stereocenters. The molecule has 1 heterocycles. The number of likely N-dealkylation sites (tertiary alicyclic amines) is 1. The van der Waals surface area contributed by atoms with Gasteiger partial charge in [0.1, 0.15) is 0 Å². The third-order valence-electron chi connectivity index (χ3n) is 4.60. The van der Waals surface area contributed by atoms with Crippen LogP contribution in [0.5, 0.6) is 0 Å². The first-order chi connectivity index (χ1) is 9.56. The van der Waals surface area contributed by atoms with Crippen LogP contribution in [-0.4, -0.2) is 29.9 Å². The van der Waals surface area contributed by atoms with Gasteiger partial charge in [0.25, 0.3) is 5.91 Å². The van der Waals surface area contributed by atoms with E-state index in [9.17, 15) is 4.79 Å². The summed E-state index contributed by atoms with van der Waals surface area (Å²) in [5, 5.41) is 0. The lowest BCUT2D eigenvalue weighted by Crippen LogP contribution is -2.38. The average molecular weight is 449 g/mol. The fraction of sp³-hybridized carbons (Fsp3) is 0.533. The summed E-state index contributed by atoms with van der Waals surface area (Å²) in [6.45, 7) is 1.69. The Morgan fingerprint density at radius 2 is 2.15 bits per heavy atom. The Kier molecular flexibility index (Phi) is 4.38. The van der Waals surface area contributed by atoms with Gasteiger partial charge in [-0.2, -0.15) is 0 Å². The molecule has 3 rings (SSSR count). The maximum Gasteiger partial charge on any atom is 0.255 e. The molecule has 3 atom stereocenters. The molecule has 3 nitrogen and oxygen atoms in total. The summed E-state index contributed by atoms with van der Waals surface area (Å²) in [7, 11) is 0. The van der Waals surface area contributed by atoms with E-state index in [2.05, 4.69) is 38.5 Å². The normalized spacial score (nSPS) is 29.4. The maximum atomic E-state index is 12.7. The monoisotopic (exact) mass is 448 g/mol. The smallest absolute Gasteiger partial charge is 0.255 e. The minimum absolute atomic E-state index is 0.136. The largest absolute Gasteiger partial charge is 0.338 e. The Morgan fingerprint density at radius 3 is 2.90 bits per heavy atom. The number of amides is 1. The molecule has 0 spiro atoms. The number of carbonyl (C=O) groups is 1. The summed E-state index contributed by atoms with van der Waals surface area (Å²) in [6, 6.07) is 6.17. The minimum Gasteiger partial charge on any atom is -0.338 e. The zero-order valence-corrected chi connectivity index (χ0v) is 14.9. The van der Waals surface area contributed by atoms with E-state index in [-0.39, 0.29) is 11.9 Å². The lowest BCUT2D eigenvalue weighted by molar-refractivity contribution is 0.0782. The van der Waals surface area contributed by atoms with Crippen molar-refractivity contribution in [3.05, 3.63) is 31.8 Å². The van der Waals surface area contributed by atoms with E-state index in [0.717, 1.165) is 33.1 Å². The lowest BCUT2D eigenvalue weighted by atomic mass is 9.78. The highest BCUT2D eigenvalue weighted by atomic mass is 127. The third kappa shape index (κ3) is 2.76. The molecule has 108 valence electrons. The Morgan fingerprint density at radius 1 is 1.35 bits per heavy atom. The van der Waals surface area contributed by atoms with Gasteiger partial charge in [0, 0.05) is 27.2 Å². The van der Waals surface area contributed by atoms with E-state index < -0.39 is 0 Å². The Hall–Kier alpha value is -0.140. The number of halogens is 2. The van der Waals surface area contributed by atoms with Crippen LogP contribution in [0, 0.1) is 15.4 Å². The SMILES string of the molecule is NC1CCCC2CN(C(=O)c3cc(I)ccc3Br)CC12. The molecule has 1 amide bonds. The van der Waals surface area contributed by atoms with Gasteiger partial charge in [0.2, 0.25) is 0 Å². The molecule has 2 aliphatic rings. The molecule has 0 radical (unpaired) electrons. The standard InChI is InChI=1S/C15H18BrIN2O/c16-13-5-4-10(17)6-11(13)15(20)19-7-9-2-1-3-14(18)12(9)8-19/h4-6,9,12,14H,1-3,7-8,18H2. The van der Waals surface area contributed by atoms with Gasteiger partial charge in [-0.05, 0) is 81.4 Å². The van der Waals surface area contributed by atoms with Crippen molar-refractivity contribution in [3.8, 4) is 0 Å². The Labute approximate surface area is 141 Å². The van der Waals surface area contributed by atoms with E-state index in [1.807, 2.05) is 23.1 Å². The molecule has 1 saturated carbocycles. The topological polar surface area (TPSA) is 46.3 Å². The minimum atomic E-state index is 0.136. The predicted molar refractivity (Wildman–Crippen MR) is 91.6 cm³/mol. The molecule has 2 fully saturated rings. The third-order valence-corrected chi connectivity index (χ3v) is 5.96. The number of benzene rings is 1. The van der Waals surface area contributed by atoms with Crippen molar-refractivity contribution in [2.24, 2.45) is 17.6 Å². The van der Waals surface area contributed by atoms with E-state index in [1.165, 1.54) is 12.8 Å². The summed E-state index contributed by atoms with van der Waals surface area (Å²) in [4.78, 5) is 14.7. The van der Waals surface area contributed by atoms with E-state index >= 15 is 0 Å². The number of rotatable bonds is 1. The van der Waals surface area contributed by atoms with E-state index in [1.54, 1.807) is 0 Å². The Balaban J connectivity index is 1.80. The molecule has 20 heavy (non-hydrogen) atoms. The first-order valence-corrected chi connectivity index (χ1v) is 8.93. The Bertz CT molecular complexity index is 537. The number of hydrogen-bond donors (Lipinski definition) is 1. The lowest BCUT2D eigenvalue weighted by Gasteiger charge is -2.29. The summed E-state index contributed by atoms with van der Waals surface area (Å²) in [5.41, 5.74) is 6.99. The van der Waals surface area contributed by atoms with Crippen LogP contribution in [0.4, 0.5) is 0 Å². The summed E-state index contributed by atoms with van der Waals surface area (Å²) in [6.07, 6.45) is 3.53. The van der Waals surface area contributed by atoms with Crippen LogP contribution in [0.15, 0.2) is 22.7 Å². The first kappa shape index (κ1) is 14.8. The summed E-state index contributed by atoms with van der Waals surface area (Å²) < 4.78 is 1.96. The first-order valence-electron chi connectivity index (χ1n) is 7.06. The molecule has 1 saturated heterocycles. The van der Waals surface area contributed by atoms with Crippen LogP contribution in [-0.2, 0) is 0 Å². The van der Waals surface area contributed by atoms with Crippen LogP contribution >= 0.6 is 38.5 Å². The number of hydrogen-bond acceptors (Lipinski definition) is 2. The van der Waals surface area contributed by atoms with E-state index in [4.69, 9.17) is 5.73 Å². The van der Waals surface area contributed by atoms with Gasteiger partial charge < -0.3 is 10.6 Å². The summed E-state index contributed by atoms with van der Waals surface area (Å²) in [5.74, 6) is 1.23. The van der Waals surface area contributed by atoms with Gasteiger partial charge >= 0.3 is 0 Å². The highest BCUT2D eigenvalue weighted by Gasteiger charge is 2.40. The summed E-state index contributed by atoms with van der Waals surface area (Å²) >= 11 is 5.73. The van der Waals surface area contributed by atoms with Crippen LogP contribution in [0.25, 0.3) is 0 Å². The molecular formula is C15H18BrIN2O. The molecule has 5 heteroatoms. The van der Waals surface area contributed by atoms with Crippen molar-refractivity contribution in [1.82, 2.24) is 4.90 Å². The van der Waals surface area contributed by atoms with Gasteiger partial charge in [-0.1, -0.05) is 6.42 Å². The van der Waals surface area contributed by atoms with Crippen molar-refractivity contribution in [3.63, 3.8) is 0 Å². The molecule has 1 aliphatic heterocycles. The van der Waals surface area contributed by atoms with Gasteiger partial charge in [0.05, 0.1) is 5.56 Å². The predicted octanol–water partition coefficient (Wildman–Crippen LogP) is 3.25. The van der Waals surface area contributed by atoms with Crippen molar-refractivity contribution in [2.45, 2.75) is 25.3 Å². The van der Waals surface area contributed by atoms with Crippen molar-refractivity contribution in [2.75, 3.05) is 13.1 Å². The highest BCUT2D eigenvalue weighted by Crippen LogP contribution is 2.36. The molecule has 1 aromatic carbocycles. The second kappa shape index (κ2) is 5.93. The number of nitrogens with two attached hydrogens (primary N) is 1. The molecule has 2 N–H and O–H groups in total. The van der Waals surface area contributed by atoms with Crippen LogP contribution in [0.2, 0.25) is 0 Å². The van der Waals surface area contributed by atoms with Gasteiger partial charge in [0.15, 0.2) is 0 Å². The van der Waals surface area contributed by atoms with Crippen LogP contribution in [0.3, 0.4) is 0 Å². The fourth-order valence-corrected chi connectivity index (χ4v) is 4.42. The number of nitrogens with zero attached hydrogens (tertiary/aromatic N) is 1. The highest BCUT2D eigenvalue weighted by molar-refractivity contribution is 14.1. The quantitative estimate of drug-likeness (QED) is 0.670. The van der Waals surface area contributed by atoms with Crippen molar-refractivity contribution in [1.29, 1.82) is 0 Å². The van der Waals surface area contributed by atoms with Gasteiger partial charge in [-0.3, -0.25) is 4.79 Å². The second-order valence-corrected chi connectivity index (χ2v) is 7.95. The number of carbonyl (C=O) groups excluding carboxylic acids is 1. The molecule has 0 bridgehead atoms. The molecule has 1 aliphatic carbocycles. The molecule has 0 aromatic heterocycles. The van der Waals surface area contributed by atoms with Crippen LogP contribution < -0.4 is 5.73 Å². The van der Waals surface area contributed by atoms with E-state index in [0.29, 0.717) is 11.8 Å². The fourth-order valence-electron chi connectivity index (χ4n) is 3.51. The average Bonchev–Trinajstić information content (AvgIpc) is 2.86. The maximum absolute atomic E-state index is 12.7. The second-order valence-electron chi connectivity index (χ2n) is 5.85. The van der Waals surface area contributed by atoms with Crippen LogP contribution in [0.1, 0.15) is 29.6 Å². The number of fused-ring (bicyclic) bond motifs is 1. The van der Waals surface area contributed by atoms with Gasteiger partial charge in [-0.25, -0.2) is 0 Å². The van der Waals surface area contributed by atoms with Crippen molar-refractivity contribution >= 4 is 44.4 Å². The zero-order chi connectivity index (χ0) is 14.3. The molecule has 1 aromatic rings. The zero-order valence-electron chi connectivity index (χ0n) is 11.2. The van der Waals surface area contributed by atoms with Crippen molar-refractivity contribution < 1.29 is 4.79 Å². The molecular weight excluding hydrogens is 431 g/mol.